The fourth-order valence-corrected chi connectivity index (χ4v) is 3.03. The van der Waals surface area contributed by atoms with Crippen molar-refractivity contribution >= 4 is 5.69 Å². The summed E-state index contributed by atoms with van der Waals surface area (Å²) < 4.78 is 0. The van der Waals surface area contributed by atoms with Crippen LogP contribution in [-0.4, -0.2) is 25.2 Å². The monoisotopic (exact) mass is 260 g/mol. The summed E-state index contributed by atoms with van der Waals surface area (Å²) in [5.41, 5.74) is 1.38. The highest BCUT2D eigenvalue weighted by Crippen LogP contribution is 2.20. The molecule has 0 bridgehead atoms. The van der Waals surface area contributed by atoms with Crippen LogP contribution < -0.4 is 10.2 Å². The summed E-state index contributed by atoms with van der Waals surface area (Å²) in [5, 5.41) is 3.85. The highest BCUT2D eigenvalue weighted by atomic mass is 15.1. The smallest absolute Gasteiger partial charge is 0.0366 e. The van der Waals surface area contributed by atoms with Crippen molar-refractivity contribution in [3.8, 4) is 0 Å². The molecule has 106 valence electrons. The molecule has 0 aliphatic carbocycles. The van der Waals surface area contributed by atoms with Crippen molar-refractivity contribution in [1.29, 1.82) is 0 Å². The van der Waals surface area contributed by atoms with Gasteiger partial charge in [-0.15, -0.1) is 0 Å². The van der Waals surface area contributed by atoms with Crippen molar-refractivity contribution in [3.05, 3.63) is 30.3 Å². The van der Waals surface area contributed by atoms with Crippen LogP contribution in [-0.2, 0) is 0 Å². The van der Waals surface area contributed by atoms with Gasteiger partial charge in [0.25, 0.3) is 0 Å². The molecule has 1 N–H and O–H groups in total. The second-order valence-electron chi connectivity index (χ2n) is 5.66. The summed E-state index contributed by atoms with van der Waals surface area (Å²) in [5.74, 6) is 0. The van der Waals surface area contributed by atoms with Gasteiger partial charge in [0, 0.05) is 30.9 Å². The Balaban J connectivity index is 1.79. The maximum atomic E-state index is 3.85. The fraction of sp³-hybridized carbons (Fsp3) is 0.647. The van der Waals surface area contributed by atoms with Crippen molar-refractivity contribution in [1.82, 2.24) is 5.32 Å². The summed E-state index contributed by atoms with van der Waals surface area (Å²) in [6, 6.07) is 12.2. The van der Waals surface area contributed by atoms with Gasteiger partial charge < -0.3 is 10.2 Å². The van der Waals surface area contributed by atoms with E-state index in [9.17, 15) is 0 Å². The number of benzene rings is 1. The van der Waals surface area contributed by atoms with Crippen LogP contribution in [0.4, 0.5) is 5.69 Å². The molecule has 1 aromatic carbocycles. The molecule has 1 unspecified atom stereocenters. The summed E-state index contributed by atoms with van der Waals surface area (Å²) >= 11 is 0. The first-order valence-electron chi connectivity index (χ1n) is 7.89. The topological polar surface area (TPSA) is 15.3 Å². The number of hydrogen-bond donors (Lipinski definition) is 1. The van der Waals surface area contributed by atoms with E-state index in [0.29, 0.717) is 0 Å². The molecule has 0 amide bonds. The van der Waals surface area contributed by atoms with Gasteiger partial charge in [-0.3, -0.25) is 0 Å². The number of rotatable bonds is 6. The number of piperidine rings is 1. The minimum absolute atomic E-state index is 0.719. The molecule has 0 aromatic heterocycles. The lowest BCUT2D eigenvalue weighted by Gasteiger charge is -2.35. The summed E-state index contributed by atoms with van der Waals surface area (Å²) in [6.45, 7) is 6.95. The van der Waals surface area contributed by atoms with E-state index in [1.807, 2.05) is 0 Å². The molecular formula is C17H28N2. The Morgan fingerprint density at radius 2 is 1.84 bits per heavy atom. The third-order valence-corrected chi connectivity index (χ3v) is 4.22. The van der Waals surface area contributed by atoms with Gasteiger partial charge in [0.15, 0.2) is 0 Å². The standard InChI is InChI=1S/C17H28N2/c1-3-8-15(4-2)18-16-11-13-19(14-12-16)17-9-6-5-7-10-17/h5-7,9-10,15-16,18H,3-4,8,11-14H2,1-2H3. The maximum absolute atomic E-state index is 3.85. The molecule has 1 atom stereocenters. The third-order valence-electron chi connectivity index (χ3n) is 4.22. The number of anilines is 1. The summed E-state index contributed by atoms with van der Waals surface area (Å²) in [6.07, 6.45) is 6.40. The van der Waals surface area contributed by atoms with E-state index in [-0.39, 0.29) is 0 Å². The number of nitrogens with zero attached hydrogens (tertiary/aromatic N) is 1. The molecule has 1 heterocycles. The van der Waals surface area contributed by atoms with E-state index in [1.54, 1.807) is 0 Å². The van der Waals surface area contributed by atoms with Gasteiger partial charge in [0.05, 0.1) is 0 Å². The molecule has 0 radical (unpaired) electrons. The predicted octanol–water partition coefficient (Wildman–Crippen LogP) is 3.82. The minimum atomic E-state index is 0.719. The maximum Gasteiger partial charge on any atom is 0.0366 e. The number of nitrogens with one attached hydrogen (secondary N) is 1. The second-order valence-corrected chi connectivity index (χ2v) is 5.66. The normalized spacial score (nSPS) is 18.5. The van der Waals surface area contributed by atoms with Gasteiger partial charge in [-0.2, -0.15) is 0 Å². The Morgan fingerprint density at radius 1 is 1.16 bits per heavy atom. The lowest BCUT2D eigenvalue weighted by Crippen LogP contribution is -2.46. The quantitative estimate of drug-likeness (QED) is 0.836. The van der Waals surface area contributed by atoms with Crippen LogP contribution in [0.5, 0.6) is 0 Å². The highest BCUT2D eigenvalue weighted by molar-refractivity contribution is 5.46. The van der Waals surface area contributed by atoms with Crippen molar-refractivity contribution in [3.63, 3.8) is 0 Å². The van der Waals surface area contributed by atoms with Crippen LogP contribution in [0.3, 0.4) is 0 Å². The molecule has 0 spiro atoms. The second kappa shape index (κ2) is 7.54. The van der Waals surface area contributed by atoms with Crippen molar-refractivity contribution < 1.29 is 0 Å². The van der Waals surface area contributed by atoms with Gasteiger partial charge in [0.2, 0.25) is 0 Å². The summed E-state index contributed by atoms with van der Waals surface area (Å²) in [7, 11) is 0. The lowest BCUT2D eigenvalue weighted by molar-refractivity contribution is 0.347. The fourth-order valence-electron chi connectivity index (χ4n) is 3.03. The van der Waals surface area contributed by atoms with Gasteiger partial charge >= 0.3 is 0 Å². The van der Waals surface area contributed by atoms with Crippen LogP contribution in [0.2, 0.25) is 0 Å². The highest BCUT2D eigenvalue weighted by Gasteiger charge is 2.20. The molecule has 1 aliphatic heterocycles. The Morgan fingerprint density at radius 3 is 2.42 bits per heavy atom. The molecule has 1 aliphatic rings. The Hall–Kier alpha value is -1.02. The van der Waals surface area contributed by atoms with Crippen LogP contribution in [0.1, 0.15) is 46.0 Å². The largest absolute Gasteiger partial charge is 0.371 e. The Kier molecular flexibility index (Phi) is 5.71. The molecule has 19 heavy (non-hydrogen) atoms. The number of para-hydroxylation sites is 1. The van der Waals surface area contributed by atoms with Crippen LogP contribution in [0, 0.1) is 0 Å². The van der Waals surface area contributed by atoms with E-state index in [2.05, 4.69) is 54.4 Å². The molecule has 0 saturated carbocycles. The predicted molar refractivity (Wildman–Crippen MR) is 83.8 cm³/mol. The van der Waals surface area contributed by atoms with E-state index in [1.165, 1.54) is 50.9 Å². The van der Waals surface area contributed by atoms with Crippen molar-refractivity contribution in [2.75, 3.05) is 18.0 Å². The molecule has 2 rings (SSSR count). The zero-order valence-corrected chi connectivity index (χ0v) is 12.4. The van der Waals surface area contributed by atoms with E-state index >= 15 is 0 Å². The van der Waals surface area contributed by atoms with Gasteiger partial charge in [0.1, 0.15) is 0 Å². The van der Waals surface area contributed by atoms with Gasteiger partial charge in [-0.1, -0.05) is 38.5 Å². The average Bonchev–Trinajstić information content (AvgIpc) is 2.48. The van der Waals surface area contributed by atoms with E-state index < -0.39 is 0 Å². The first-order valence-corrected chi connectivity index (χ1v) is 7.89. The van der Waals surface area contributed by atoms with Crippen molar-refractivity contribution in [2.24, 2.45) is 0 Å². The lowest BCUT2D eigenvalue weighted by atomic mass is 10.0. The molecule has 1 saturated heterocycles. The zero-order valence-electron chi connectivity index (χ0n) is 12.4. The minimum Gasteiger partial charge on any atom is -0.371 e. The zero-order chi connectivity index (χ0) is 13.5. The Labute approximate surface area is 118 Å². The van der Waals surface area contributed by atoms with E-state index in [0.717, 1.165) is 12.1 Å². The van der Waals surface area contributed by atoms with E-state index in [4.69, 9.17) is 0 Å². The van der Waals surface area contributed by atoms with Crippen molar-refractivity contribution in [2.45, 2.75) is 58.0 Å². The Bertz CT molecular complexity index is 342. The first-order chi connectivity index (χ1) is 9.33. The molecular weight excluding hydrogens is 232 g/mol. The third kappa shape index (κ3) is 4.24. The number of hydrogen-bond acceptors (Lipinski definition) is 2. The van der Waals surface area contributed by atoms with Gasteiger partial charge in [-0.05, 0) is 37.8 Å². The summed E-state index contributed by atoms with van der Waals surface area (Å²) in [4.78, 5) is 2.51. The van der Waals surface area contributed by atoms with Crippen LogP contribution in [0.25, 0.3) is 0 Å². The van der Waals surface area contributed by atoms with Crippen LogP contribution in [0.15, 0.2) is 30.3 Å². The van der Waals surface area contributed by atoms with Gasteiger partial charge in [-0.25, -0.2) is 0 Å². The average molecular weight is 260 g/mol. The molecule has 2 nitrogen and oxygen atoms in total. The first kappa shape index (κ1) is 14.4. The SMILES string of the molecule is CCCC(CC)NC1CCN(c2ccccc2)CC1. The molecule has 1 aromatic rings. The molecule has 2 heteroatoms. The van der Waals surface area contributed by atoms with Crippen LogP contribution >= 0.6 is 0 Å². The molecule has 1 fully saturated rings.